The highest BCUT2D eigenvalue weighted by molar-refractivity contribution is 7.18. The molecule has 0 radical (unpaired) electrons. The molecule has 2 heterocycles. The molecule has 0 saturated heterocycles. The van der Waals surface area contributed by atoms with E-state index in [1.165, 1.54) is 28.7 Å². The zero-order valence-electron chi connectivity index (χ0n) is 11.6. The van der Waals surface area contributed by atoms with Crippen molar-refractivity contribution in [3.63, 3.8) is 0 Å². The molecule has 1 N–H and O–H groups in total. The molecule has 0 unspecified atom stereocenters. The minimum absolute atomic E-state index is 0.718. The molecular weight excluding hydrogens is 242 g/mol. The fourth-order valence-corrected chi connectivity index (χ4v) is 3.13. The lowest BCUT2D eigenvalue weighted by molar-refractivity contribution is 0.518. The Kier molecular flexibility index (Phi) is 4.17. The zero-order chi connectivity index (χ0) is 13.1. The fraction of sp³-hybridized carbons (Fsp3) is 0.571. The van der Waals surface area contributed by atoms with Crippen LogP contribution in [0.15, 0.2) is 6.33 Å². The smallest absolute Gasteiger partial charge is 0.138 e. The Labute approximate surface area is 113 Å². The molecule has 4 heteroatoms. The van der Waals surface area contributed by atoms with E-state index in [4.69, 9.17) is 0 Å². The fourth-order valence-electron chi connectivity index (χ4n) is 2.13. The quantitative estimate of drug-likeness (QED) is 0.880. The first kappa shape index (κ1) is 13.3. The highest BCUT2D eigenvalue weighted by Crippen LogP contribution is 2.32. The number of hydrogen-bond acceptors (Lipinski definition) is 4. The van der Waals surface area contributed by atoms with Crippen molar-refractivity contribution in [2.75, 3.05) is 11.9 Å². The van der Waals surface area contributed by atoms with E-state index in [1.54, 1.807) is 17.7 Å². The van der Waals surface area contributed by atoms with Gasteiger partial charge in [0.15, 0.2) is 0 Å². The number of nitrogens with one attached hydrogen (secondary N) is 1. The summed E-state index contributed by atoms with van der Waals surface area (Å²) in [7, 11) is 0. The molecule has 0 fully saturated rings. The van der Waals surface area contributed by atoms with E-state index in [0.29, 0.717) is 0 Å². The predicted molar refractivity (Wildman–Crippen MR) is 79.5 cm³/mol. The van der Waals surface area contributed by atoms with Crippen LogP contribution < -0.4 is 5.32 Å². The van der Waals surface area contributed by atoms with E-state index in [9.17, 15) is 0 Å². The van der Waals surface area contributed by atoms with E-state index in [2.05, 4.69) is 43.0 Å². The number of nitrogens with zero attached hydrogens (tertiary/aromatic N) is 2. The highest BCUT2D eigenvalue weighted by atomic mass is 32.1. The molecule has 2 aromatic heterocycles. The van der Waals surface area contributed by atoms with Gasteiger partial charge in [-0.2, -0.15) is 0 Å². The van der Waals surface area contributed by atoms with Crippen molar-refractivity contribution in [2.45, 2.75) is 40.5 Å². The standard InChI is InChI=1S/C14H21N3S/c1-5-11(6-2)7-15-13-12-9(3)10(4)18-14(12)17-8-16-13/h8,11H,5-7H2,1-4H3,(H,15,16,17). The highest BCUT2D eigenvalue weighted by Gasteiger charge is 2.12. The van der Waals surface area contributed by atoms with Crippen LogP contribution in [0.4, 0.5) is 5.82 Å². The molecule has 0 spiro atoms. The summed E-state index contributed by atoms with van der Waals surface area (Å²) in [5.41, 5.74) is 1.31. The van der Waals surface area contributed by atoms with Gasteiger partial charge in [-0.1, -0.05) is 26.7 Å². The number of aromatic nitrogens is 2. The van der Waals surface area contributed by atoms with Gasteiger partial charge >= 0.3 is 0 Å². The monoisotopic (exact) mass is 263 g/mol. The normalized spacial score (nSPS) is 11.4. The second-order valence-electron chi connectivity index (χ2n) is 4.75. The molecule has 2 aromatic rings. The van der Waals surface area contributed by atoms with Crippen molar-refractivity contribution in [1.82, 2.24) is 9.97 Å². The molecule has 98 valence electrons. The van der Waals surface area contributed by atoms with E-state index < -0.39 is 0 Å². The van der Waals surface area contributed by atoms with Gasteiger partial charge in [0.25, 0.3) is 0 Å². The van der Waals surface area contributed by atoms with Gasteiger partial charge in [0.1, 0.15) is 17.0 Å². The van der Waals surface area contributed by atoms with E-state index in [0.717, 1.165) is 23.1 Å². The summed E-state index contributed by atoms with van der Waals surface area (Å²) in [6.07, 6.45) is 4.08. The second-order valence-corrected chi connectivity index (χ2v) is 5.95. The Bertz CT molecular complexity index is 529. The summed E-state index contributed by atoms with van der Waals surface area (Å²) in [6.45, 7) is 9.77. The third-order valence-electron chi connectivity index (χ3n) is 3.68. The molecule has 0 amide bonds. The number of rotatable bonds is 5. The number of thiophene rings is 1. The van der Waals surface area contributed by atoms with Gasteiger partial charge in [-0.15, -0.1) is 11.3 Å². The Hall–Kier alpha value is -1.16. The summed E-state index contributed by atoms with van der Waals surface area (Å²) < 4.78 is 0. The number of anilines is 1. The van der Waals surface area contributed by atoms with Gasteiger partial charge < -0.3 is 5.32 Å². The van der Waals surface area contributed by atoms with Gasteiger partial charge in [-0.05, 0) is 25.3 Å². The summed E-state index contributed by atoms with van der Waals surface area (Å²) in [5, 5.41) is 4.70. The van der Waals surface area contributed by atoms with Crippen LogP contribution in [0, 0.1) is 19.8 Å². The third-order valence-corrected chi connectivity index (χ3v) is 4.79. The molecule has 0 aromatic carbocycles. The first-order valence-corrected chi connectivity index (χ1v) is 7.43. The lowest BCUT2D eigenvalue weighted by Crippen LogP contribution is -2.13. The molecule has 0 aliphatic carbocycles. The maximum atomic E-state index is 4.41. The Morgan fingerprint density at radius 2 is 1.94 bits per heavy atom. The molecule has 2 rings (SSSR count). The number of aryl methyl sites for hydroxylation is 2. The van der Waals surface area contributed by atoms with E-state index >= 15 is 0 Å². The van der Waals surface area contributed by atoms with E-state index in [1.807, 2.05) is 0 Å². The van der Waals surface area contributed by atoms with Crippen LogP contribution in [-0.4, -0.2) is 16.5 Å². The minimum atomic E-state index is 0.718. The van der Waals surface area contributed by atoms with Crippen LogP contribution >= 0.6 is 11.3 Å². The maximum Gasteiger partial charge on any atom is 0.138 e. The van der Waals surface area contributed by atoms with Crippen molar-refractivity contribution in [3.05, 3.63) is 16.8 Å². The van der Waals surface area contributed by atoms with E-state index in [-0.39, 0.29) is 0 Å². The average molecular weight is 263 g/mol. The molecule has 0 bridgehead atoms. The Morgan fingerprint density at radius 1 is 1.22 bits per heavy atom. The van der Waals surface area contributed by atoms with Crippen LogP contribution in [0.25, 0.3) is 10.2 Å². The Balaban J connectivity index is 2.28. The van der Waals surface area contributed by atoms with Gasteiger partial charge in [-0.25, -0.2) is 9.97 Å². The van der Waals surface area contributed by atoms with Crippen LogP contribution in [0.3, 0.4) is 0 Å². The summed E-state index contributed by atoms with van der Waals surface area (Å²) in [4.78, 5) is 11.2. The zero-order valence-corrected chi connectivity index (χ0v) is 12.4. The van der Waals surface area contributed by atoms with Crippen molar-refractivity contribution < 1.29 is 0 Å². The molecule has 0 aliphatic rings. The van der Waals surface area contributed by atoms with Gasteiger partial charge in [0, 0.05) is 11.4 Å². The molecule has 3 nitrogen and oxygen atoms in total. The molecule has 0 saturated carbocycles. The summed E-state index contributed by atoms with van der Waals surface area (Å²) in [5.74, 6) is 1.71. The number of hydrogen-bond donors (Lipinski definition) is 1. The SMILES string of the molecule is CCC(CC)CNc1ncnc2sc(C)c(C)c12. The van der Waals surface area contributed by atoms with Crippen molar-refractivity contribution in [3.8, 4) is 0 Å². The first-order valence-electron chi connectivity index (χ1n) is 6.61. The Morgan fingerprint density at radius 3 is 2.61 bits per heavy atom. The number of fused-ring (bicyclic) bond motifs is 1. The van der Waals surface area contributed by atoms with Crippen molar-refractivity contribution in [1.29, 1.82) is 0 Å². The first-order chi connectivity index (χ1) is 8.67. The molecular formula is C14H21N3S. The molecule has 18 heavy (non-hydrogen) atoms. The third kappa shape index (κ3) is 2.48. The average Bonchev–Trinajstić information content (AvgIpc) is 2.67. The second kappa shape index (κ2) is 5.65. The van der Waals surface area contributed by atoms with Crippen LogP contribution in [0.5, 0.6) is 0 Å². The van der Waals surface area contributed by atoms with Gasteiger partial charge in [0.2, 0.25) is 0 Å². The van der Waals surface area contributed by atoms with Crippen molar-refractivity contribution >= 4 is 27.4 Å². The largest absolute Gasteiger partial charge is 0.369 e. The topological polar surface area (TPSA) is 37.8 Å². The summed E-state index contributed by atoms with van der Waals surface area (Å²) >= 11 is 1.75. The van der Waals surface area contributed by atoms with Crippen molar-refractivity contribution in [2.24, 2.45) is 5.92 Å². The molecule has 0 aliphatic heterocycles. The lowest BCUT2D eigenvalue weighted by Gasteiger charge is -2.14. The van der Waals surface area contributed by atoms with Crippen LogP contribution in [-0.2, 0) is 0 Å². The minimum Gasteiger partial charge on any atom is -0.369 e. The summed E-state index contributed by atoms with van der Waals surface area (Å²) in [6, 6.07) is 0. The van der Waals surface area contributed by atoms with Crippen LogP contribution in [0.2, 0.25) is 0 Å². The van der Waals surface area contributed by atoms with Gasteiger partial charge in [-0.3, -0.25) is 0 Å². The molecule has 0 atom stereocenters. The van der Waals surface area contributed by atoms with Gasteiger partial charge in [0.05, 0.1) is 5.39 Å². The predicted octanol–water partition coefficient (Wildman–Crippen LogP) is 4.16. The maximum absolute atomic E-state index is 4.41. The lowest BCUT2D eigenvalue weighted by atomic mass is 10.0. The van der Waals surface area contributed by atoms with Crippen LogP contribution in [0.1, 0.15) is 37.1 Å².